The van der Waals surface area contributed by atoms with Gasteiger partial charge in [-0.05, 0) is 63.8 Å². The second-order valence-corrected chi connectivity index (χ2v) is 9.96. The van der Waals surface area contributed by atoms with Gasteiger partial charge in [-0.15, -0.1) is 11.3 Å². The number of fused-ring (bicyclic) bond motifs is 1. The van der Waals surface area contributed by atoms with E-state index in [-0.39, 0.29) is 30.7 Å². The van der Waals surface area contributed by atoms with Gasteiger partial charge in [0.25, 0.3) is 5.91 Å². The SMILES string of the molecule is CC1=CC2=NC(=O)C[C@](C)(C(=O)N(CC(=O)NC(C)(C)C)Cc3cccs3)N2C=C1. The summed E-state index contributed by atoms with van der Waals surface area (Å²) in [5.74, 6) is -0.403. The molecule has 0 aliphatic carbocycles. The second kappa shape index (κ2) is 8.18. The first-order chi connectivity index (χ1) is 14.0. The van der Waals surface area contributed by atoms with Crippen molar-refractivity contribution in [1.29, 1.82) is 0 Å². The molecule has 8 heteroatoms. The predicted octanol–water partition coefficient (Wildman–Crippen LogP) is 2.85. The molecule has 3 amide bonds. The highest BCUT2D eigenvalue weighted by Gasteiger charge is 2.47. The molecule has 0 bridgehead atoms. The Hall–Kier alpha value is -2.74. The van der Waals surface area contributed by atoms with Crippen LogP contribution in [0, 0.1) is 0 Å². The van der Waals surface area contributed by atoms with E-state index in [4.69, 9.17) is 0 Å². The molecule has 0 spiro atoms. The lowest BCUT2D eigenvalue weighted by Gasteiger charge is -2.44. The van der Waals surface area contributed by atoms with Crippen LogP contribution in [0.25, 0.3) is 0 Å². The molecule has 1 atom stereocenters. The lowest BCUT2D eigenvalue weighted by atomic mass is 9.90. The molecule has 160 valence electrons. The minimum atomic E-state index is -1.15. The summed E-state index contributed by atoms with van der Waals surface area (Å²) in [6.45, 7) is 9.56. The largest absolute Gasteiger partial charge is 0.350 e. The topological polar surface area (TPSA) is 82.1 Å². The molecule has 1 aromatic heterocycles. The standard InChI is InChI=1S/C22H28N4O3S/c1-15-8-9-26-17(11-15)23-18(27)12-22(26,5)20(29)25(13-16-7-6-10-30-16)14-19(28)24-21(2,3)4/h6-11H,12-14H2,1-5H3,(H,24,28)/t22-/m1/s1. The zero-order chi connectivity index (χ0) is 22.1. The number of allylic oxidation sites excluding steroid dienone is 2. The fraction of sp³-hybridized carbons (Fsp3) is 0.455. The Morgan fingerprint density at radius 1 is 1.37 bits per heavy atom. The van der Waals surface area contributed by atoms with Gasteiger partial charge < -0.3 is 15.1 Å². The second-order valence-electron chi connectivity index (χ2n) is 8.93. The molecule has 1 N–H and O–H groups in total. The third-order valence-electron chi connectivity index (χ3n) is 4.88. The van der Waals surface area contributed by atoms with Gasteiger partial charge >= 0.3 is 0 Å². The summed E-state index contributed by atoms with van der Waals surface area (Å²) in [5, 5.41) is 4.85. The Kier molecular flexibility index (Phi) is 5.99. The molecule has 1 aromatic rings. The molecule has 2 aliphatic heterocycles. The maximum absolute atomic E-state index is 13.8. The van der Waals surface area contributed by atoms with Gasteiger partial charge in [0.05, 0.1) is 19.5 Å². The third-order valence-corrected chi connectivity index (χ3v) is 5.74. The summed E-state index contributed by atoms with van der Waals surface area (Å²) >= 11 is 1.52. The summed E-state index contributed by atoms with van der Waals surface area (Å²) in [6.07, 6.45) is 5.42. The molecule has 7 nitrogen and oxygen atoms in total. The lowest BCUT2D eigenvalue weighted by molar-refractivity contribution is -0.146. The van der Waals surface area contributed by atoms with Crippen molar-refractivity contribution in [1.82, 2.24) is 15.1 Å². The Bertz CT molecular complexity index is 940. The van der Waals surface area contributed by atoms with Crippen molar-refractivity contribution in [2.45, 2.75) is 58.7 Å². The first-order valence-electron chi connectivity index (χ1n) is 9.88. The van der Waals surface area contributed by atoms with E-state index in [1.807, 2.05) is 51.3 Å². The van der Waals surface area contributed by atoms with Crippen molar-refractivity contribution in [3.05, 3.63) is 46.3 Å². The van der Waals surface area contributed by atoms with Crippen molar-refractivity contribution in [2.24, 2.45) is 4.99 Å². The molecule has 3 heterocycles. The lowest BCUT2D eigenvalue weighted by Crippen LogP contribution is -2.61. The Morgan fingerprint density at radius 2 is 2.10 bits per heavy atom. The van der Waals surface area contributed by atoms with E-state index in [9.17, 15) is 14.4 Å². The van der Waals surface area contributed by atoms with Crippen molar-refractivity contribution in [3.8, 4) is 0 Å². The van der Waals surface area contributed by atoms with Gasteiger partial charge in [0.1, 0.15) is 11.4 Å². The summed E-state index contributed by atoms with van der Waals surface area (Å²) in [7, 11) is 0. The Morgan fingerprint density at radius 3 is 2.73 bits per heavy atom. The molecular formula is C22H28N4O3S. The number of hydrogen-bond donors (Lipinski definition) is 1. The van der Waals surface area contributed by atoms with Crippen molar-refractivity contribution < 1.29 is 14.4 Å². The summed E-state index contributed by atoms with van der Waals surface area (Å²) in [5.41, 5.74) is -0.604. The van der Waals surface area contributed by atoms with Gasteiger partial charge in [0.2, 0.25) is 11.8 Å². The van der Waals surface area contributed by atoms with Gasteiger partial charge in [-0.1, -0.05) is 6.07 Å². The molecule has 0 radical (unpaired) electrons. The van der Waals surface area contributed by atoms with Gasteiger partial charge in [0, 0.05) is 16.6 Å². The zero-order valence-electron chi connectivity index (χ0n) is 18.1. The van der Waals surface area contributed by atoms with E-state index in [0.717, 1.165) is 10.5 Å². The first kappa shape index (κ1) is 22.0. The van der Waals surface area contributed by atoms with Gasteiger partial charge in [0.15, 0.2) is 0 Å². The fourth-order valence-corrected chi connectivity index (χ4v) is 4.30. The monoisotopic (exact) mass is 428 g/mol. The average Bonchev–Trinajstić information content (AvgIpc) is 3.11. The molecule has 30 heavy (non-hydrogen) atoms. The van der Waals surface area contributed by atoms with Gasteiger partial charge in [-0.3, -0.25) is 14.4 Å². The van der Waals surface area contributed by atoms with Crippen LogP contribution in [0.15, 0.2) is 46.4 Å². The average molecular weight is 429 g/mol. The van der Waals surface area contributed by atoms with Crippen molar-refractivity contribution in [2.75, 3.05) is 6.54 Å². The number of carbonyl (C=O) groups is 3. The minimum absolute atomic E-state index is 0.0472. The van der Waals surface area contributed by atoms with Crippen molar-refractivity contribution in [3.63, 3.8) is 0 Å². The quantitative estimate of drug-likeness (QED) is 0.782. The molecule has 0 fully saturated rings. The molecule has 0 saturated heterocycles. The maximum Gasteiger partial charge on any atom is 0.250 e. The van der Waals surface area contributed by atoms with Crippen LogP contribution in [-0.2, 0) is 20.9 Å². The van der Waals surface area contributed by atoms with Crippen LogP contribution in [0.4, 0.5) is 0 Å². The van der Waals surface area contributed by atoms with E-state index in [0.29, 0.717) is 12.4 Å². The molecule has 0 unspecified atom stereocenters. The molecular weight excluding hydrogens is 400 g/mol. The van der Waals surface area contributed by atoms with Crippen LogP contribution in [0.2, 0.25) is 0 Å². The number of carbonyl (C=O) groups excluding carboxylic acids is 3. The highest BCUT2D eigenvalue weighted by molar-refractivity contribution is 7.09. The van der Waals surface area contributed by atoms with E-state index >= 15 is 0 Å². The van der Waals surface area contributed by atoms with Crippen LogP contribution < -0.4 is 5.32 Å². The van der Waals surface area contributed by atoms with Crippen LogP contribution in [-0.4, -0.2) is 51.0 Å². The number of amides is 3. The minimum Gasteiger partial charge on any atom is -0.350 e. The fourth-order valence-electron chi connectivity index (χ4n) is 3.58. The van der Waals surface area contributed by atoms with Gasteiger partial charge in [-0.25, -0.2) is 0 Å². The van der Waals surface area contributed by atoms with E-state index in [1.165, 1.54) is 16.2 Å². The van der Waals surface area contributed by atoms with E-state index in [1.54, 1.807) is 24.1 Å². The van der Waals surface area contributed by atoms with E-state index < -0.39 is 11.1 Å². The molecule has 0 saturated carbocycles. The zero-order valence-corrected chi connectivity index (χ0v) is 18.9. The first-order valence-corrected chi connectivity index (χ1v) is 10.8. The summed E-state index contributed by atoms with van der Waals surface area (Å²) < 4.78 is 0. The number of nitrogens with zero attached hydrogens (tertiary/aromatic N) is 3. The third kappa shape index (κ3) is 4.87. The van der Waals surface area contributed by atoms with E-state index in [2.05, 4.69) is 10.3 Å². The Labute approximate surface area is 181 Å². The number of aliphatic imine (C=N–C) groups is 1. The Balaban J connectivity index is 1.91. The maximum atomic E-state index is 13.8. The molecule has 0 aromatic carbocycles. The molecule has 3 rings (SSSR count). The van der Waals surface area contributed by atoms with Gasteiger partial charge in [-0.2, -0.15) is 4.99 Å². The van der Waals surface area contributed by atoms with Crippen LogP contribution in [0.3, 0.4) is 0 Å². The van der Waals surface area contributed by atoms with Crippen LogP contribution in [0.5, 0.6) is 0 Å². The number of nitrogens with one attached hydrogen (secondary N) is 1. The highest BCUT2D eigenvalue weighted by Crippen LogP contribution is 2.31. The van der Waals surface area contributed by atoms with Crippen molar-refractivity contribution >= 4 is 34.9 Å². The number of hydrogen-bond acceptors (Lipinski definition) is 5. The number of rotatable bonds is 5. The molecule has 2 aliphatic rings. The smallest absolute Gasteiger partial charge is 0.250 e. The number of amidine groups is 1. The predicted molar refractivity (Wildman–Crippen MR) is 118 cm³/mol. The normalized spacial score (nSPS) is 21.0. The highest BCUT2D eigenvalue weighted by atomic mass is 32.1. The summed E-state index contributed by atoms with van der Waals surface area (Å²) in [4.78, 5) is 47.2. The summed E-state index contributed by atoms with van der Waals surface area (Å²) in [6, 6.07) is 3.84. The van der Waals surface area contributed by atoms with Crippen LogP contribution in [0.1, 0.15) is 45.9 Å². The van der Waals surface area contributed by atoms with Crippen LogP contribution >= 0.6 is 11.3 Å². The number of thiophene rings is 1.